The van der Waals surface area contributed by atoms with Crippen molar-refractivity contribution in [2.45, 2.75) is 20.0 Å². The second-order valence-electron chi connectivity index (χ2n) is 5.27. The molecule has 2 aromatic rings. The van der Waals surface area contributed by atoms with Crippen molar-refractivity contribution in [3.05, 3.63) is 59.7 Å². The highest BCUT2D eigenvalue weighted by atomic mass is 16.5. The number of methoxy groups -OCH3 is 1. The van der Waals surface area contributed by atoms with Gasteiger partial charge in [0.1, 0.15) is 11.5 Å². The highest BCUT2D eigenvalue weighted by Gasteiger charge is 2.16. The molecule has 2 aromatic carbocycles. The minimum Gasteiger partial charge on any atom is -0.496 e. The van der Waals surface area contributed by atoms with Crippen LogP contribution in [0.3, 0.4) is 0 Å². The van der Waals surface area contributed by atoms with Crippen molar-refractivity contribution in [1.29, 1.82) is 0 Å². The second kappa shape index (κ2) is 8.01. The number of nitrogens with one attached hydrogen (secondary N) is 2. The van der Waals surface area contributed by atoms with Gasteiger partial charge in [-0.2, -0.15) is 0 Å². The summed E-state index contributed by atoms with van der Waals surface area (Å²) in [5, 5.41) is 0. The Bertz CT molecular complexity index is 728. The van der Waals surface area contributed by atoms with Crippen molar-refractivity contribution in [1.82, 2.24) is 10.9 Å². The SMILES string of the molecule is COc1ccccc1C(=O)NNC(=O)c1ccccc1OC(C)C. The predicted molar refractivity (Wildman–Crippen MR) is 90.1 cm³/mol. The van der Waals surface area contributed by atoms with Gasteiger partial charge in [0.2, 0.25) is 0 Å². The van der Waals surface area contributed by atoms with E-state index >= 15 is 0 Å². The zero-order valence-electron chi connectivity index (χ0n) is 13.8. The quantitative estimate of drug-likeness (QED) is 0.827. The molecule has 0 unspecified atom stereocenters. The van der Waals surface area contributed by atoms with E-state index in [1.165, 1.54) is 7.11 Å². The van der Waals surface area contributed by atoms with Crippen LogP contribution < -0.4 is 20.3 Å². The van der Waals surface area contributed by atoms with Gasteiger partial charge in [0, 0.05) is 0 Å². The molecule has 0 aliphatic carbocycles. The molecule has 2 amide bonds. The molecule has 0 atom stereocenters. The lowest BCUT2D eigenvalue weighted by Gasteiger charge is -2.14. The number of benzene rings is 2. The van der Waals surface area contributed by atoms with Crippen LogP contribution in [0.15, 0.2) is 48.5 Å². The summed E-state index contributed by atoms with van der Waals surface area (Å²) in [6.45, 7) is 3.75. The molecule has 0 saturated carbocycles. The lowest BCUT2D eigenvalue weighted by Crippen LogP contribution is -2.41. The molecule has 0 heterocycles. The lowest BCUT2D eigenvalue weighted by atomic mass is 10.2. The number of hydrogen-bond donors (Lipinski definition) is 2. The third-order valence-electron chi connectivity index (χ3n) is 3.14. The van der Waals surface area contributed by atoms with Crippen molar-refractivity contribution in [2.24, 2.45) is 0 Å². The molecular weight excluding hydrogens is 308 g/mol. The van der Waals surface area contributed by atoms with Crippen molar-refractivity contribution in [3.63, 3.8) is 0 Å². The maximum absolute atomic E-state index is 12.3. The van der Waals surface area contributed by atoms with Gasteiger partial charge in [0.05, 0.1) is 24.3 Å². The summed E-state index contributed by atoms with van der Waals surface area (Å²) in [6, 6.07) is 13.6. The number of para-hydroxylation sites is 2. The molecule has 0 spiro atoms. The van der Waals surface area contributed by atoms with E-state index in [-0.39, 0.29) is 6.10 Å². The van der Waals surface area contributed by atoms with Gasteiger partial charge in [0.15, 0.2) is 0 Å². The van der Waals surface area contributed by atoms with E-state index in [9.17, 15) is 9.59 Å². The van der Waals surface area contributed by atoms with Gasteiger partial charge in [-0.25, -0.2) is 0 Å². The third kappa shape index (κ3) is 4.25. The van der Waals surface area contributed by atoms with Crippen LogP contribution in [0.1, 0.15) is 34.6 Å². The molecule has 6 nitrogen and oxygen atoms in total. The zero-order chi connectivity index (χ0) is 17.5. The Labute approximate surface area is 140 Å². The van der Waals surface area contributed by atoms with Crippen LogP contribution in [0.2, 0.25) is 0 Å². The molecule has 24 heavy (non-hydrogen) atoms. The smallest absolute Gasteiger partial charge is 0.273 e. The number of rotatable bonds is 5. The van der Waals surface area contributed by atoms with E-state index < -0.39 is 11.8 Å². The van der Waals surface area contributed by atoms with Gasteiger partial charge in [-0.05, 0) is 38.1 Å². The Morgan fingerprint density at radius 1 is 0.833 bits per heavy atom. The Balaban J connectivity index is 2.07. The third-order valence-corrected chi connectivity index (χ3v) is 3.14. The molecule has 2 N–H and O–H groups in total. The van der Waals surface area contributed by atoms with Crippen molar-refractivity contribution in [2.75, 3.05) is 7.11 Å². The standard InChI is InChI=1S/C18H20N2O4/c1-12(2)24-16-11-7-5-9-14(16)18(22)20-19-17(21)13-8-4-6-10-15(13)23-3/h4-12H,1-3H3,(H,19,21)(H,20,22). The van der Waals surface area contributed by atoms with Crippen LogP contribution in [-0.2, 0) is 0 Å². The van der Waals surface area contributed by atoms with Crippen molar-refractivity contribution >= 4 is 11.8 Å². The van der Waals surface area contributed by atoms with Crippen LogP contribution in [-0.4, -0.2) is 25.0 Å². The lowest BCUT2D eigenvalue weighted by molar-refractivity contribution is 0.0841. The summed E-state index contributed by atoms with van der Waals surface area (Å²) in [5.74, 6) is -0.0538. The average Bonchev–Trinajstić information content (AvgIpc) is 2.59. The molecule has 2 rings (SSSR count). The first kappa shape index (κ1) is 17.3. The number of carbonyl (C=O) groups excluding carboxylic acids is 2. The van der Waals surface area contributed by atoms with Crippen molar-refractivity contribution < 1.29 is 19.1 Å². The Kier molecular flexibility index (Phi) is 5.78. The summed E-state index contributed by atoms with van der Waals surface area (Å²) in [4.78, 5) is 24.5. The van der Waals surface area contributed by atoms with Gasteiger partial charge in [-0.1, -0.05) is 24.3 Å². The number of hydrogen-bond acceptors (Lipinski definition) is 4. The molecule has 0 aromatic heterocycles. The van der Waals surface area contributed by atoms with Crippen LogP contribution >= 0.6 is 0 Å². The minimum absolute atomic E-state index is 0.0675. The Morgan fingerprint density at radius 3 is 1.79 bits per heavy atom. The first-order valence-electron chi connectivity index (χ1n) is 7.52. The average molecular weight is 328 g/mol. The summed E-state index contributed by atoms with van der Waals surface area (Å²) >= 11 is 0. The van der Waals surface area contributed by atoms with Gasteiger partial charge >= 0.3 is 0 Å². The normalized spacial score (nSPS) is 10.2. The van der Waals surface area contributed by atoms with Crippen LogP contribution in [0.4, 0.5) is 0 Å². The highest BCUT2D eigenvalue weighted by molar-refractivity contribution is 6.01. The summed E-state index contributed by atoms with van der Waals surface area (Å²) in [5.41, 5.74) is 5.43. The number of hydrazine groups is 1. The minimum atomic E-state index is -0.469. The van der Waals surface area contributed by atoms with E-state index in [1.54, 1.807) is 48.5 Å². The van der Waals surface area contributed by atoms with E-state index in [2.05, 4.69) is 10.9 Å². The fourth-order valence-corrected chi connectivity index (χ4v) is 2.09. The first-order valence-corrected chi connectivity index (χ1v) is 7.52. The number of amides is 2. The van der Waals surface area contributed by atoms with Gasteiger partial charge in [-0.3, -0.25) is 20.4 Å². The Hall–Kier alpha value is -3.02. The monoisotopic (exact) mass is 328 g/mol. The molecule has 0 saturated heterocycles. The largest absolute Gasteiger partial charge is 0.496 e. The molecule has 0 aliphatic heterocycles. The summed E-state index contributed by atoms with van der Waals surface area (Å²) in [6.07, 6.45) is -0.0675. The number of carbonyl (C=O) groups is 2. The van der Waals surface area contributed by atoms with E-state index in [1.807, 2.05) is 13.8 Å². The van der Waals surface area contributed by atoms with Gasteiger partial charge in [-0.15, -0.1) is 0 Å². The van der Waals surface area contributed by atoms with E-state index in [4.69, 9.17) is 9.47 Å². The maximum Gasteiger partial charge on any atom is 0.273 e. The van der Waals surface area contributed by atoms with Crippen LogP contribution in [0, 0.1) is 0 Å². The zero-order valence-corrected chi connectivity index (χ0v) is 13.8. The number of ether oxygens (including phenoxy) is 2. The fourth-order valence-electron chi connectivity index (χ4n) is 2.09. The summed E-state index contributed by atoms with van der Waals surface area (Å²) in [7, 11) is 1.48. The fraction of sp³-hybridized carbons (Fsp3) is 0.222. The molecule has 126 valence electrons. The first-order chi connectivity index (χ1) is 11.5. The van der Waals surface area contributed by atoms with Crippen LogP contribution in [0.5, 0.6) is 11.5 Å². The van der Waals surface area contributed by atoms with Gasteiger partial charge in [0.25, 0.3) is 11.8 Å². The highest BCUT2D eigenvalue weighted by Crippen LogP contribution is 2.19. The second-order valence-corrected chi connectivity index (χ2v) is 5.27. The predicted octanol–water partition coefficient (Wildman–Crippen LogP) is 2.56. The molecule has 6 heteroatoms. The van der Waals surface area contributed by atoms with Gasteiger partial charge < -0.3 is 9.47 Å². The topological polar surface area (TPSA) is 76.7 Å². The summed E-state index contributed by atoms with van der Waals surface area (Å²) < 4.78 is 10.7. The van der Waals surface area contributed by atoms with Crippen LogP contribution in [0.25, 0.3) is 0 Å². The Morgan fingerprint density at radius 2 is 1.29 bits per heavy atom. The molecular formula is C18H20N2O4. The maximum atomic E-state index is 12.3. The molecule has 0 bridgehead atoms. The molecule has 0 aliphatic rings. The molecule has 0 fully saturated rings. The van der Waals surface area contributed by atoms with Crippen molar-refractivity contribution in [3.8, 4) is 11.5 Å². The van der Waals surface area contributed by atoms with E-state index in [0.29, 0.717) is 22.6 Å². The van der Waals surface area contributed by atoms with E-state index in [0.717, 1.165) is 0 Å². The molecule has 0 radical (unpaired) electrons.